The van der Waals surface area contributed by atoms with Crippen LogP contribution in [0.4, 0.5) is 4.79 Å². The van der Waals surface area contributed by atoms with Crippen LogP contribution < -0.4 is 5.32 Å². The van der Waals surface area contributed by atoms with Crippen LogP contribution in [-0.4, -0.2) is 27.7 Å². The van der Waals surface area contributed by atoms with Gasteiger partial charge in [0.15, 0.2) is 0 Å². The van der Waals surface area contributed by atoms with Crippen LogP contribution in [0.1, 0.15) is 5.69 Å². The molecular formula is C10H10ClN3O2. The number of carboxylic acid groups (broad SMARTS) is 1. The molecule has 0 aromatic carbocycles. The molecule has 2 rings (SSSR count). The van der Waals surface area contributed by atoms with Crippen molar-refractivity contribution < 1.29 is 9.90 Å². The van der Waals surface area contributed by atoms with Gasteiger partial charge in [-0.2, -0.15) is 0 Å². The molecule has 1 amide bonds. The van der Waals surface area contributed by atoms with Gasteiger partial charge in [-0.05, 0) is 12.1 Å². The SMILES string of the molecule is O=C(O)NCCc1cc2c(Cl)ccnc2[nH]1. The Labute approximate surface area is 96.4 Å². The van der Waals surface area contributed by atoms with Gasteiger partial charge in [-0.25, -0.2) is 9.78 Å². The van der Waals surface area contributed by atoms with E-state index in [4.69, 9.17) is 16.7 Å². The maximum Gasteiger partial charge on any atom is 0.404 e. The number of hydrogen-bond donors (Lipinski definition) is 3. The number of fused-ring (bicyclic) bond motifs is 1. The van der Waals surface area contributed by atoms with Crippen molar-refractivity contribution in [3.63, 3.8) is 0 Å². The van der Waals surface area contributed by atoms with Gasteiger partial charge in [0.2, 0.25) is 0 Å². The van der Waals surface area contributed by atoms with Gasteiger partial charge < -0.3 is 15.4 Å². The van der Waals surface area contributed by atoms with Crippen molar-refractivity contribution in [3.8, 4) is 0 Å². The molecule has 2 aromatic rings. The largest absolute Gasteiger partial charge is 0.465 e. The molecular weight excluding hydrogens is 230 g/mol. The molecule has 84 valence electrons. The number of pyridine rings is 1. The lowest BCUT2D eigenvalue weighted by molar-refractivity contribution is 0.194. The van der Waals surface area contributed by atoms with E-state index in [1.165, 1.54) is 0 Å². The molecule has 0 fully saturated rings. The summed E-state index contributed by atoms with van der Waals surface area (Å²) in [5.74, 6) is 0. The first-order chi connectivity index (χ1) is 7.66. The highest BCUT2D eigenvalue weighted by Gasteiger charge is 2.05. The van der Waals surface area contributed by atoms with Crippen LogP contribution in [-0.2, 0) is 6.42 Å². The third-order valence-electron chi connectivity index (χ3n) is 2.21. The summed E-state index contributed by atoms with van der Waals surface area (Å²) in [6, 6.07) is 3.60. The maximum atomic E-state index is 10.3. The number of aromatic nitrogens is 2. The summed E-state index contributed by atoms with van der Waals surface area (Å²) >= 11 is 5.99. The number of hydrogen-bond acceptors (Lipinski definition) is 2. The average molecular weight is 240 g/mol. The first kappa shape index (κ1) is 10.8. The molecule has 0 bridgehead atoms. The number of H-pyrrole nitrogens is 1. The molecule has 3 N–H and O–H groups in total. The highest BCUT2D eigenvalue weighted by molar-refractivity contribution is 6.35. The zero-order valence-corrected chi connectivity index (χ0v) is 9.08. The molecule has 0 saturated heterocycles. The number of carbonyl (C=O) groups is 1. The number of nitrogens with zero attached hydrogens (tertiary/aromatic N) is 1. The van der Waals surface area contributed by atoms with Crippen LogP contribution in [0.5, 0.6) is 0 Å². The van der Waals surface area contributed by atoms with Crippen molar-refractivity contribution in [1.82, 2.24) is 15.3 Å². The second-order valence-electron chi connectivity index (χ2n) is 3.33. The average Bonchev–Trinajstić information content (AvgIpc) is 2.61. The Morgan fingerprint density at radius 1 is 1.62 bits per heavy atom. The molecule has 5 nitrogen and oxygen atoms in total. The van der Waals surface area contributed by atoms with Gasteiger partial charge in [0.25, 0.3) is 0 Å². The number of rotatable bonds is 3. The van der Waals surface area contributed by atoms with E-state index in [2.05, 4.69) is 15.3 Å². The Bertz CT molecular complexity index is 524. The summed E-state index contributed by atoms with van der Waals surface area (Å²) in [7, 11) is 0. The predicted octanol–water partition coefficient (Wildman–Crippen LogP) is 2.03. The number of nitrogens with one attached hydrogen (secondary N) is 2. The molecule has 0 saturated carbocycles. The van der Waals surface area contributed by atoms with E-state index in [1.807, 2.05) is 6.07 Å². The van der Waals surface area contributed by atoms with E-state index in [9.17, 15) is 4.79 Å². The standard InChI is InChI=1S/C10H10ClN3O2/c11-8-2-4-12-9-7(8)5-6(14-9)1-3-13-10(15)16/h2,4-5,13H,1,3H2,(H,12,14)(H,15,16). The van der Waals surface area contributed by atoms with Crippen molar-refractivity contribution in [2.45, 2.75) is 6.42 Å². The molecule has 16 heavy (non-hydrogen) atoms. The molecule has 0 spiro atoms. The normalized spacial score (nSPS) is 10.6. The molecule has 6 heteroatoms. The lowest BCUT2D eigenvalue weighted by Crippen LogP contribution is -2.23. The molecule has 2 heterocycles. The van der Waals surface area contributed by atoms with E-state index in [-0.39, 0.29) is 0 Å². The first-order valence-electron chi connectivity index (χ1n) is 4.75. The molecule has 0 aliphatic rings. The summed E-state index contributed by atoms with van der Waals surface area (Å²) in [5.41, 5.74) is 1.63. The summed E-state index contributed by atoms with van der Waals surface area (Å²) in [4.78, 5) is 17.5. The van der Waals surface area contributed by atoms with Gasteiger partial charge in [0.1, 0.15) is 5.65 Å². The summed E-state index contributed by atoms with van der Waals surface area (Å²) in [5, 5.41) is 12.2. The lowest BCUT2D eigenvalue weighted by Gasteiger charge is -1.97. The number of aromatic amines is 1. The fourth-order valence-electron chi connectivity index (χ4n) is 1.49. The van der Waals surface area contributed by atoms with E-state index >= 15 is 0 Å². The summed E-state index contributed by atoms with van der Waals surface area (Å²) < 4.78 is 0. The minimum absolute atomic E-state index is 0.361. The van der Waals surface area contributed by atoms with E-state index in [0.717, 1.165) is 16.7 Å². The third kappa shape index (κ3) is 2.25. The maximum absolute atomic E-state index is 10.3. The molecule has 0 unspecified atom stereocenters. The summed E-state index contributed by atoms with van der Waals surface area (Å²) in [6.07, 6.45) is 1.19. The second-order valence-corrected chi connectivity index (χ2v) is 3.74. The molecule has 0 aliphatic heterocycles. The summed E-state index contributed by atoms with van der Waals surface area (Å²) in [6.45, 7) is 0.361. The quantitative estimate of drug-likeness (QED) is 0.767. The Morgan fingerprint density at radius 2 is 2.44 bits per heavy atom. The topological polar surface area (TPSA) is 78.0 Å². The first-order valence-corrected chi connectivity index (χ1v) is 5.13. The van der Waals surface area contributed by atoms with Gasteiger partial charge in [0, 0.05) is 30.2 Å². The van der Waals surface area contributed by atoms with Gasteiger partial charge >= 0.3 is 6.09 Å². The highest BCUT2D eigenvalue weighted by atomic mass is 35.5. The number of halogens is 1. The second kappa shape index (κ2) is 4.40. The molecule has 0 aliphatic carbocycles. The Balaban J connectivity index is 2.14. The van der Waals surface area contributed by atoms with Crippen molar-refractivity contribution in [2.24, 2.45) is 0 Å². The minimum atomic E-state index is -1.02. The van der Waals surface area contributed by atoms with Crippen molar-refractivity contribution in [2.75, 3.05) is 6.54 Å². The van der Waals surface area contributed by atoms with E-state index in [1.54, 1.807) is 12.3 Å². The van der Waals surface area contributed by atoms with Gasteiger partial charge in [0.05, 0.1) is 5.02 Å². The third-order valence-corrected chi connectivity index (χ3v) is 2.53. The fourth-order valence-corrected chi connectivity index (χ4v) is 1.69. The fraction of sp³-hybridized carbons (Fsp3) is 0.200. The van der Waals surface area contributed by atoms with E-state index < -0.39 is 6.09 Å². The van der Waals surface area contributed by atoms with Crippen LogP contribution in [0.2, 0.25) is 5.02 Å². The smallest absolute Gasteiger partial charge is 0.404 e. The van der Waals surface area contributed by atoms with Crippen LogP contribution in [0, 0.1) is 0 Å². The van der Waals surface area contributed by atoms with Crippen molar-refractivity contribution in [3.05, 3.63) is 29.0 Å². The molecule has 2 aromatic heterocycles. The van der Waals surface area contributed by atoms with Crippen molar-refractivity contribution >= 4 is 28.7 Å². The van der Waals surface area contributed by atoms with Gasteiger partial charge in [-0.15, -0.1) is 0 Å². The molecule has 0 atom stereocenters. The minimum Gasteiger partial charge on any atom is -0.465 e. The van der Waals surface area contributed by atoms with Gasteiger partial charge in [-0.3, -0.25) is 0 Å². The lowest BCUT2D eigenvalue weighted by atomic mass is 10.3. The number of amides is 1. The Kier molecular flexibility index (Phi) is 2.96. The zero-order chi connectivity index (χ0) is 11.5. The van der Waals surface area contributed by atoms with Crippen LogP contribution in [0.15, 0.2) is 18.3 Å². The Morgan fingerprint density at radius 3 is 3.12 bits per heavy atom. The van der Waals surface area contributed by atoms with Gasteiger partial charge in [-0.1, -0.05) is 11.6 Å². The highest BCUT2D eigenvalue weighted by Crippen LogP contribution is 2.22. The Hall–Kier alpha value is -1.75. The van der Waals surface area contributed by atoms with Crippen LogP contribution >= 0.6 is 11.6 Å². The monoisotopic (exact) mass is 239 g/mol. The van der Waals surface area contributed by atoms with E-state index in [0.29, 0.717) is 18.0 Å². The van der Waals surface area contributed by atoms with Crippen LogP contribution in [0.3, 0.4) is 0 Å². The van der Waals surface area contributed by atoms with Crippen LogP contribution in [0.25, 0.3) is 11.0 Å². The zero-order valence-electron chi connectivity index (χ0n) is 8.33. The molecule has 0 radical (unpaired) electrons. The predicted molar refractivity (Wildman–Crippen MR) is 60.8 cm³/mol. The van der Waals surface area contributed by atoms with Crippen molar-refractivity contribution in [1.29, 1.82) is 0 Å².